The van der Waals surface area contributed by atoms with Gasteiger partial charge in [0.05, 0.1) is 6.61 Å². The number of carbonyl (C=O) groups excluding carboxylic acids is 1. The summed E-state index contributed by atoms with van der Waals surface area (Å²) in [7, 11) is 0. The van der Waals surface area contributed by atoms with Gasteiger partial charge in [-0.05, 0) is 37.5 Å². The van der Waals surface area contributed by atoms with Crippen LogP contribution >= 0.6 is 11.8 Å². The molecule has 2 rings (SSSR count). The summed E-state index contributed by atoms with van der Waals surface area (Å²) >= 11 is 1.63. The van der Waals surface area contributed by atoms with Crippen LogP contribution in [0.1, 0.15) is 19.8 Å². The summed E-state index contributed by atoms with van der Waals surface area (Å²) in [4.78, 5) is 12.7. The zero-order chi connectivity index (χ0) is 13.5. The van der Waals surface area contributed by atoms with Crippen LogP contribution in [-0.2, 0) is 14.3 Å². The second kappa shape index (κ2) is 7.36. The summed E-state index contributed by atoms with van der Waals surface area (Å²) in [6.07, 6.45) is 3.43. The third kappa shape index (κ3) is 4.40. The SMILES string of the molecule is CCOC(=O)/C=C1/CCCOC1Sc1ccccc1. The maximum absolute atomic E-state index is 11.5. The van der Waals surface area contributed by atoms with E-state index in [1.54, 1.807) is 17.8 Å². The van der Waals surface area contributed by atoms with Crippen LogP contribution in [0.5, 0.6) is 0 Å². The summed E-state index contributed by atoms with van der Waals surface area (Å²) < 4.78 is 10.7. The molecule has 1 aliphatic rings. The number of rotatable bonds is 4. The predicted octanol–water partition coefficient (Wildman–Crippen LogP) is 3.40. The van der Waals surface area contributed by atoms with Gasteiger partial charge in [-0.25, -0.2) is 4.79 Å². The summed E-state index contributed by atoms with van der Waals surface area (Å²) in [6, 6.07) is 10.1. The molecule has 0 aliphatic carbocycles. The highest BCUT2D eigenvalue weighted by atomic mass is 32.2. The van der Waals surface area contributed by atoms with Gasteiger partial charge in [0.15, 0.2) is 0 Å². The molecular formula is C15H18O3S. The first-order chi connectivity index (χ1) is 9.29. The maximum Gasteiger partial charge on any atom is 0.330 e. The molecule has 1 aromatic carbocycles. The third-order valence-electron chi connectivity index (χ3n) is 2.76. The van der Waals surface area contributed by atoms with Gasteiger partial charge >= 0.3 is 5.97 Å². The van der Waals surface area contributed by atoms with Crippen molar-refractivity contribution in [2.24, 2.45) is 0 Å². The normalized spacial score (nSPS) is 21.3. The Hall–Kier alpha value is -1.26. The number of hydrogen-bond acceptors (Lipinski definition) is 4. The molecule has 1 heterocycles. The van der Waals surface area contributed by atoms with Crippen LogP contribution in [0.2, 0.25) is 0 Å². The number of ether oxygens (including phenoxy) is 2. The van der Waals surface area contributed by atoms with Gasteiger partial charge in [0, 0.05) is 17.6 Å². The van der Waals surface area contributed by atoms with Crippen molar-refractivity contribution in [2.75, 3.05) is 13.2 Å². The van der Waals surface area contributed by atoms with Crippen LogP contribution in [0.4, 0.5) is 0 Å². The molecule has 1 unspecified atom stereocenters. The van der Waals surface area contributed by atoms with Crippen molar-refractivity contribution in [1.82, 2.24) is 0 Å². The lowest BCUT2D eigenvalue weighted by molar-refractivity contribution is -0.137. The second-order valence-corrected chi connectivity index (χ2v) is 5.34. The number of esters is 1. The van der Waals surface area contributed by atoms with E-state index in [0.29, 0.717) is 6.61 Å². The average molecular weight is 278 g/mol. The van der Waals surface area contributed by atoms with E-state index in [4.69, 9.17) is 9.47 Å². The number of carbonyl (C=O) groups is 1. The largest absolute Gasteiger partial charge is 0.463 e. The molecule has 1 saturated heterocycles. The molecule has 1 atom stereocenters. The molecule has 0 aromatic heterocycles. The Labute approximate surface area is 118 Å². The number of hydrogen-bond donors (Lipinski definition) is 0. The van der Waals surface area contributed by atoms with Crippen LogP contribution in [0.25, 0.3) is 0 Å². The molecule has 0 saturated carbocycles. The molecule has 1 fully saturated rings. The summed E-state index contributed by atoms with van der Waals surface area (Å²) in [5.74, 6) is -0.276. The van der Waals surface area contributed by atoms with Crippen LogP contribution in [0.15, 0.2) is 46.9 Å². The minimum absolute atomic E-state index is 0.0828. The number of thioether (sulfide) groups is 1. The first-order valence-corrected chi connectivity index (χ1v) is 7.38. The van der Waals surface area contributed by atoms with Gasteiger partial charge < -0.3 is 9.47 Å². The van der Waals surface area contributed by atoms with E-state index in [1.807, 2.05) is 37.3 Å². The summed E-state index contributed by atoms with van der Waals surface area (Å²) in [5, 5.41) is 0. The Morgan fingerprint density at radius 1 is 1.47 bits per heavy atom. The van der Waals surface area contributed by atoms with E-state index < -0.39 is 0 Å². The molecule has 102 valence electrons. The minimum atomic E-state index is -0.276. The van der Waals surface area contributed by atoms with Crippen molar-refractivity contribution in [2.45, 2.75) is 30.1 Å². The van der Waals surface area contributed by atoms with E-state index in [0.717, 1.165) is 29.9 Å². The zero-order valence-electron chi connectivity index (χ0n) is 11.0. The monoisotopic (exact) mass is 278 g/mol. The highest BCUT2D eigenvalue weighted by molar-refractivity contribution is 8.00. The van der Waals surface area contributed by atoms with Crippen LogP contribution in [0.3, 0.4) is 0 Å². The van der Waals surface area contributed by atoms with Gasteiger partial charge in [-0.2, -0.15) is 0 Å². The molecule has 0 radical (unpaired) electrons. The van der Waals surface area contributed by atoms with E-state index in [1.165, 1.54) is 0 Å². The Kier molecular flexibility index (Phi) is 5.48. The molecule has 19 heavy (non-hydrogen) atoms. The first-order valence-electron chi connectivity index (χ1n) is 6.50. The summed E-state index contributed by atoms with van der Waals surface area (Å²) in [6.45, 7) is 2.95. The van der Waals surface area contributed by atoms with Crippen molar-refractivity contribution >= 4 is 17.7 Å². The van der Waals surface area contributed by atoms with Crippen LogP contribution in [0, 0.1) is 0 Å². The topological polar surface area (TPSA) is 35.5 Å². The first kappa shape index (κ1) is 14.2. The van der Waals surface area contributed by atoms with Gasteiger partial charge in [0.1, 0.15) is 5.44 Å². The lowest BCUT2D eigenvalue weighted by Gasteiger charge is -2.25. The highest BCUT2D eigenvalue weighted by Gasteiger charge is 2.21. The zero-order valence-corrected chi connectivity index (χ0v) is 11.8. The Morgan fingerprint density at radius 2 is 2.26 bits per heavy atom. The van der Waals surface area contributed by atoms with E-state index in [2.05, 4.69) is 0 Å². The van der Waals surface area contributed by atoms with Crippen molar-refractivity contribution in [3.63, 3.8) is 0 Å². The van der Waals surface area contributed by atoms with Crippen molar-refractivity contribution in [1.29, 1.82) is 0 Å². The van der Waals surface area contributed by atoms with Gasteiger partial charge in [-0.1, -0.05) is 30.0 Å². The molecule has 0 bridgehead atoms. The van der Waals surface area contributed by atoms with E-state index in [-0.39, 0.29) is 11.4 Å². The van der Waals surface area contributed by atoms with Crippen molar-refractivity contribution in [3.05, 3.63) is 42.0 Å². The second-order valence-electron chi connectivity index (χ2n) is 4.21. The number of benzene rings is 1. The molecule has 3 nitrogen and oxygen atoms in total. The molecule has 0 amide bonds. The Balaban J connectivity index is 2.05. The van der Waals surface area contributed by atoms with E-state index in [9.17, 15) is 4.79 Å². The van der Waals surface area contributed by atoms with Crippen LogP contribution < -0.4 is 0 Å². The summed E-state index contributed by atoms with van der Waals surface area (Å²) in [5.41, 5.74) is 0.930. The molecule has 1 aliphatic heterocycles. The van der Waals surface area contributed by atoms with Crippen molar-refractivity contribution in [3.8, 4) is 0 Å². The third-order valence-corrected chi connectivity index (χ3v) is 3.96. The molecule has 1 aromatic rings. The average Bonchev–Trinajstić information content (AvgIpc) is 2.42. The van der Waals surface area contributed by atoms with E-state index >= 15 is 0 Å². The predicted molar refractivity (Wildman–Crippen MR) is 76.0 cm³/mol. The lowest BCUT2D eigenvalue weighted by atomic mass is 10.1. The smallest absolute Gasteiger partial charge is 0.330 e. The molecular weight excluding hydrogens is 260 g/mol. The Bertz CT molecular complexity index is 442. The molecule has 0 N–H and O–H groups in total. The van der Waals surface area contributed by atoms with Crippen molar-refractivity contribution < 1.29 is 14.3 Å². The van der Waals surface area contributed by atoms with Gasteiger partial charge in [0.2, 0.25) is 0 Å². The van der Waals surface area contributed by atoms with Gasteiger partial charge in [-0.15, -0.1) is 0 Å². The fourth-order valence-electron chi connectivity index (χ4n) is 1.90. The minimum Gasteiger partial charge on any atom is -0.463 e. The van der Waals surface area contributed by atoms with Crippen LogP contribution in [-0.4, -0.2) is 24.6 Å². The lowest BCUT2D eigenvalue weighted by Crippen LogP contribution is -2.20. The standard InChI is InChI=1S/C15H18O3S/c1-2-17-14(16)11-12-7-6-10-18-15(12)19-13-8-4-3-5-9-13/h3-5,8-9,11,15H,2,6-7,10H2,1H3/b12-11-. The quantitative estimate of drug-likeness (QED) is 0.624. The van der Waals surface area contributed by atoms with Gasteiger partial charge in [-0.3, -0.25) is 0 Å². The molecule has 4 heteroatoms. The molecule has 0 spiro atoms. The Morgan fingerprint density at radius 3 is 3.00 bits per heavy atom. The highest BCUT2D eigenvalue weighted by Crippen LogP contribution is 2.33. The maximum atomic E-state index is 11.5. The fourth-order valence-corrected chi connectivity index (χ4v) is 2.96. The van der Waals surface area contributed by atoms with Gasteiger partial charge in [0.25, 0.3) is 0 Å². The fraction of sp³-hybridized carbons (Fsp3) is 0.400.